The van der Waals surface area contributed by atoms with E-state index < -0.39 is 6.09 Å². The Morgan fingerprint density at radius 2 is 1.84 bits per heavy atom. The van der Waals surface area contributed by atoms with Gasteiger partial charge in [0.25, 0.3) is 5.91 Å². The van der Waals surface area contributed by atoms with Crippen molar-refractivity contribution in [3.8, 4) is 16.5 Å². The number of anilines is 1. The van der Waals surface area contributed by atoms with Crippen molar-refractivity contribution in [2.24, 2.45) is 13.0 Å². The first-order valence-corrected chi connectivity index (χ1v) is 13.7. The zero-order valence-corrected chi connectivity index (χ0v) is 22.4. The number of benzene rings is 2. The monoisotopic (exact) mass is 530 g/mol. The van der Waals surface area contributed by atoms with Gasteiger partial charge in [0.1, 0.15) is 5.69 Å². The first-order valence-electron chi connectivity index (χ1n) is 12.8. The Labute approximate surface area is 225 Å². The molecular weight excluding hydrogens is 500 g/mol. The third kappa shape index (κ3) is 4.28. The Morgan fingerprint density at radius 3 is 2.61 bits per heavy atom. The lowest BCUT2D eigenvalue weighted by atomic mass is 9.98. The maximum absolute atomic E-state index is 14.1. The van der Waals surface area contributed by atoms with Crippen LogP contribution in [0.4, 0.5) is 9.93 Å². The average Bonchev–Trinajstić information content (AvgIpc) is 3.71. The molecule has 196 valence electrons. The third-order valence-electron chi connectivity index (χ3n) is 7.60. The Bertz CT molecular complexity index is 1500. The second kappa shape index (κ2) is 9.75. The molecule has 4 aromatic rings. The fourth-order valence-electron chi connectivity index (χ4n) is 5.75. The largest absolute Gasteiger partial charge is 0.415 e. The lowest BCUT2D eigenvalue weighted by Gasteiger charge is -2.35. The standard InChI is InChI=1S/C28H30N6O3S/c1-32(2)27-31-23(24(38-27)17-9-5-4-6-10-17)25(35)34-19-14-13-18(15-19)22(34)16-29-28(36)37-26-30-20-11-7-8-12-21(20)33(26)3/h4-12,18-19,22H,13-16H2,1-3H3,(H,29,36)/t18-,19+,22+/m0/s1. The van der Waals surface area contributed by atoms with Crippen molar-refractivity contribution in [2.45, 2.75) is 31.3 Å². The molecule has 2 bridgehead atoms. The number of fused-ring (bicyclic) bond motifs is 3. The molecule has 2 aromatic heterocycles. The van der Waals surface area contributed by atoms with Gasteiger partial charge in [-0.05, 0) is 42.9 Å². The highest BCUT2D eigenvalue weighted by Crippen LogP contribution is 2.44. The van der Waals surface area contributed by atoms with E-state index in [0.717, 1.165) is 45.9 Å². The van der Waals surface area contributed by atoms with E-state index >= 15 is 0 Å². The van der Waals surface area contributed by atoms with Crippen LogP contribution in [0.15, 0.2) is 54.6 Å². The van der Waals surface area contributed by atoms with E-state index in [0.29, 0.717) is 18.2 Å². The molecule has 2 fully saturated rings. The summed E-state index contributed by atoms with van der Waals surface area (Å²) >= 11 is 1.52. The van der Waals surface area contributed by atoms with E-state index in [9.17, 15) is 9.59 Å². The van der Waals surface area contributed by atoms with E-state index in [1.807, 2.05) is 85.5 Å². The molecule has 3 atom stereocenters. The average molecular weight is 531 g/mol. The lowest BCUT2D eigenvalue weighted by molar-refractivity contribution is 0.0585. The summed E-state index contributed by atoms with van der Waals surface area (Å²) in [5, 5.41) is 3.69. The number of rotatable bonds is 6. The van der Waals surface area contributed by atoms with Crippen molar-refractivity contribution in [2.75, 3.05) is 25.5 Å². The van der Waals surface area contributed by atoms with Crippen LogP contribution in [-0.4, -0.2) is 64.2 Å². The molecule has 1 saturated heterocycles. The van der Waals surface area contributed by atoms with Crippen molar-refractivity contribution in [1.29, 1.82) is 0 Å². The number of thiazole rings is 1. The number of nitrogens with zero attached hydrogens (tertiary/aromatic N) is 5. The van der Waals surface area contributed by atoms with Crippen LogP contribution in [0.2, 0.25) is 0 Å². The molecule has 0 radical (unpaired) electrons. The van der Waals surface area contributed by atoms with E-state index in [1.165, 1.54) is 11.3 Å². The van der Waals surface area contributed by atoms with Gasteiger partial charge in [-0.2, -0.15) is 4.98 Å². The van der Waals surface area contributed by atoms with Gasteiger partial charge in [0, 0.05) is 33.7 Å². The summed E-state index contributed by atoms with van der Waals surface area (Å²) in [6.07, 6.45) is 2.39. The van der Waals surface area contributed by atoms with Crippen LogP contribution in [0.5, 0.6) is 6.01 Å². The number of carbonyl (C=O) groups excluding carboxylic acids is 2. The summed E-state index contributed by atoms with van der Waals surface area (Å²) in [5.41, 5.74) is 3.10. The Morgan fingerprint density at radius 1 is 1.08 bits per heavy atom. The smallest absolute Gasteiger partial charge is 0.375 e. The Kier molecular flexibility index (Phi) is 6.27. The van der Waals surface area contributed by atoms with Gasteiger partial charge in [0.2, 0.25) is 0 Å². The second-order valence-electron chi connectivity index (χ2n) is 10.2. The highest BCUT2D eigenvalue weighted by atomic mass is 32.1. The van der Waals surface area contributed by atoms with Crippen molar-refractivity contribution in [3.63, 3.8) is 0 Å². The highest BCUT2D eigenvalue weighted by molar-refractivity contribution is 7.19. The quantitative estimate of drug-likeness (QED) is 0.393. The molecule has 2 aromatic carbocycles. The lowest BCUT2D eigenvalue weighted by Crippen LogP contribution is -2.50. The SMILES string of the molecule is CN(C)c1nc(C(=O)N2[C@@H]3CC[C@@H](C3)[C@H]2CNC(=O)Oc2nc3ccccc3n2C)c(-c2ccccc2)s1. The van der Waals surface area contributed by atoms with Gasteiger partial charge in [-0.3, -0.25) is 9.36 Å². The number of piperidine rings is 1. The van der Waals surface area contributed by atoms with Gasteiger partial charge in [0.15, 0.2) is 5.13 Å². The van der Waals surface area contributed by atoms with Gasteiger partial charge in [0.05, 0.1) is 22.0 Å². The van der Waals surface area contributed by atoms with Crippen molar-refractivity contribution >= 4 is 39.5 Å². The molecule has 2 aliphatic rings. The number of likely N-dealkylation sites (tertiary alicyclic amines) is 1. The predicted octanol–water partition coefficient (Wildman–Crippen LogP) is 4.54. The number of para-hydroxylation sites is 2. The molecule has 1 N–H and O–H groups in total. The molecule has 1 saturated carbocycles. The van der Waals surface area contributed by atoms with E-state index in [4.69, 9.17) is 9.72 Å². The fourth-order valence-corrected chi connectivity index (χ4v) is 6.73. The first kappa shape index (κ1) is 24.4. The summed E-state index contributed by atoms with van der Waals surface area (Å²) in [7, 11) is 5.68. The maximum Gasteiger partial charge on any atom is 0.415 e. The predicted molar refractivity (Wildman–Crippen MR) is 148 cm³/mol. The van der Waals surface area contributed by atoms with Crippen LogP contribution in [0.1, 0.15) is 29.8 Å². The fraction of sp³-hybridized carbons (Fsp3) is 0.357. The number of hydrogen-bond donors (Lipinski definition) is 1. The zero-order valence-electron chi connectivity index (χ0n) is 21.6. The van der Waals surface area contributed by atoms with E-state index in [-0.39, 0.29) is 24.0 Å². The molecule has 0 unspecified atom stereocenters. The molecule has 38 heavy (non-hydrogen) atoms. The zero-order chi connectivity index (χ0) is 26.4. The molecule has 10 heteroatoms. The minimum Gasteiger partial charge on any atom is -0.375 e. The number of hydrogen-bond acceptors (Lipinski definition) is 7. The van der Waals surface area contributed by atoms with Gasteiger partial charge in [-0.25, -0.2) is 9.78 Å². The molecule has 9 nitrogen and oxygen atoms in total. The number of nitrogens with one attached hydrogen (secondary N) is 1. The molecule has 0 spiro atoms. The van der Waals surface area contributed by atoms with Crippen molar-refractivity contribution in [3.05, 3.63) is 60.3 Å². The van der Waals surface area contributed by atoms with Gasteiger partial charge in [-0.15, -0.1) is 0 Å². The topological polar surface area (TPSA) is 92.6 Å². The highest BCUT2D eigenvalue weighted by Gasteiger charge is 2.49. The minimum atomic E-state index is -0.577. The van der Waals surface area contributed by atoms with Gasteiger partial charge >= 0.3 is 12.1 Å². The third-order valence-corrected chi connectivity index (χ3v) is 8.87. The number of imidazole rings is 1. The summed E-state index contributed by atoms with van der Waals surface area (Å²) in [6.45, 7) is 0.320. The Balaban J connectivity index is 1.21. The molecule has 3 heterocycles. The maximum atomic E-state index is 14.1. The number of aryl methyl sites for hydroxylation is 1. The van der Waals surface area contributed by atoms with Crippen LogP contribution >= 0.6 is 11.3 Å². The number of ether oxygens (including phenoxy) is 1. The van der Waals surface area contributed by atoms with Crippen molar-refractivity contribution in [1.82, 2.24) is 24.8 Å². The molecule has 1 aliphatic heterocycles. The summed E-state index contributed by atoms with van der Waals surface area (Å²) in [4.78, 5) is 40.7. The summed E-state index contributed by atoms with van der Waals surface area (Å²) in [5.74, 6) is 0.267. The van der Waals surface area contributed by atoms with Crippen LogP contribution in [0.3, 0.4) is 0 Å². The minimum absolute atomic E-state index is 0.0732. The van der Waals surface area contributed by atoms with E-state index in [2.05, 4.69) is 10.3 Å². The number of carbonyl (C=O) groups is 2. The molecular formula is C28H30N6O3S. The van der Waals surface area contributed by atoms with Crippen LogP contribution in [0.25, 0.3) is 21.5 Å². The molecule has 1 aliphatic carbocycles. The number of amides is 2. The van der Waals surface area contributed by atoms with Crippen LogP contribution in [0, 0.1) is 5.92 Å². The summed E-state index contributed by atoms with van der Waals surface area (Å²) < 4.78 is 7.29. The van der Waals surface area contributed by atoms with Crippen LogP contribution in [-0.2, 0) is 7.05 Å². The summed E-state index contributed by atoms with van der Waals surface area (Å²) in [6, 6.07) is 17.8. The second-order valence-corrected chi connectivity index (χ2v) is 11.1. The first-order chi connectivity index (χ1) is 18.4. The Hall–Kier alpha value is -3.92. The van der Waals surface area contributed by atoms with Crippen molar-refractivity contribution < 1.29 is 14.3 Å². The number of aromatic nitrogens is 3. The van der Waals surface area contributed by atoms with Crippen LogP contribution < -0.4 is 15.0 Å². The van der Waals surface area contributed by atoms with Gasteiger partial charge in [-0.1, -0.05) is 53.8 Å². The van der Waals surface area contributed by atoms with E-state index in [1.54, 1.807) is 4.57 Å². The molecule has 2 amide bonds. The normalized spacial score (nSPS) is 20.2. The van der Waals surface area contributed by atoms with Gasteiger partial charge < -0.3 is 19.9 Å². The molecule has 6 rings (SSSR count).